The Kier molecular flexibility index (Phi) is 4.93. The van der Waals surface area contributed by atoms with E-state index < -0.39 is 11.0 Å². The first kappa shape index (κ1) is 15.5. The molecule has 114 valence electrons. The summed E-state index contributed by atoms with van der Waals surface area (Å²) in [6.07, 6.45) is 2.18. The maximum Gasteiger partial charge on any atom is 0.292 e. The third-order valence-electron chi connectivity index (χ3n) is 3.65. The summed E-state index contributed by atoms with van der Waals surface area (Å²) < 4.78 is 5.10. The molecule has 1 heterocycles. The zero-order chi connectivity index (χ0) is 15.4. The highest BCUT2D eigenvalue weighted by Gasteiger charge is 2.22. The third kappa shape index (κ3) is 3.59. The summed E-state index contributed by atoms with van der Waals surface area (Å²) in [5, 5.41) is 20.8. The number of benzene rings is 1. The van der Waals surface area contributed by atoms with E-state index in [1.807, 2.05) is 4.90 Å². The van der Waals surface area contributed by atoms with Gasteiger partial charge in [-0.15, -0.1) is 0 Å². The smallest absolute Gasteiger partial charge is 0.292 e. The molecule has 1 aliphatic rings. The number of anilines is 1. The van der Waals surface area contributed by atoms with Crippen LogP contribution in [0.1, 0.15) is 25.0 Å². The van der Waals surface area contributed by atoms with Gasteiger partial charge in [-0.2, -0.15) is 0 Å². The average Bonchev–Trinajstić information content (AvgIpc) is 2.47. The normalized spacial score (nSPS) is 16.5. The third-order valence-corrected chi connectivity index (χ3v) is 3.65. The summed E-state index contributed by atoms with van der Waals surface area (Å²) in [5.74, 6) is 0. The van der Waals surface area contributed by atoms with Crippen LogP contribution >= 0.6 is 0 Å². The Bertz CT molecular complexity index is 555. The molecule has 1 aliphatic heterocycles. The molecule has 0 unspecified atom stereocenters. The lowest BCUT2D eigenvalue weighted by Gasteiger charge is -2.28. The molecule has 1 aromatic rings. The fourth-order valence-corrected chi connectivity index (χ4v) is 2.46. The molecule has 0 fully saturated rings. The zero-order valence-corrected chi connectivity index (χ0v) is 12.3. The van der Waals surface area contributed by atoms with Crippen LogP contribution in [0.5, 0.6) is 0 Å². The van der Waals surface area contributed by atoms with Crippen molar-refractivity contribution in [1.82, 2.24) is 0 Å². The molecule has 0 saturated carbocycles. The molecule has 0 aromatic heterocycles. The van der Waals surface area contributed by atoms with Crippen molar-refractivity contribution in [3.8, 4) is 0 Å². The molecule has 6 heteroatoms. The summed E-state index contributed by atoms with van der Waals surface area (Å²) in [5.41, 5.74) is 2.41. The van der Waals surface area contributed by atoms with Gasteiger partial charge in [0.2, 0.25) is 0 Å². The molecular formula is C15H20N2O4. The number of aliphatic hydroxyl groups excluding tert-OH is 1. The van der Waals surface area contributed by atoms with E-state index in [0.29, 0.717) is 24.4 Å². The quantitative estimate of drug-likeness (QED) is 0.512. The molecule has 0 radical (unpaired) electrons. The Morgan fingerprint density at radius 2 is 2.29 bits per heavy atom. The van der Waals surface area contributed by atoms with E-state index in [0.717, 1.165) is 13.0 Å². The van der Waals surface area contributed by atoms with Gasteiger partial charge >= 0.3 is 0 Å². The van der Waals surface area contributed by atoms with E-state index in [2.05, 4.69) is 6.08 Å². The van der Waals surface area contributed by atoms with Gasteiger partial charge in [-0.05, 0) is 30.5 Å². The lowest BCUT2D eigenvalue weighted by Crippen LogP contribution is -2.29. The van der Waals surface area contributed by atoms with Crippen molar-refractivity contribution in [1.29, 1.82) is 0 Å². The molecule has 0 saturated heterocycles. The minimum absolute atomic E-state index is 0.0389. The highest BCUT2D eigenvalue weighted by atomic mass is 16.6. The number of hydrogen-bond donors (Lipinski definition) is 1. The fraction of sp³-hybridized carbons (Fsp3) is 0.467. The summed E-state index contributed by atoms with van der Waals surface area (Å²) >= 11 is 0. The van der Waals surface area contributed by atoms with Crippen molar-refractivity contribution < 1.29 is 14.8 Å². The van der Waals surface area contributed by atoms with E-state index in [9.17, 15) is 15.2 Å². The number of hydrogen-bond acceptors (Lipinski definition) is 5. The molecular weight excluding hydrogens is 272 g/mol. The van der Waals surface area contributed by atoms with Gasteiger partial charge < -0.3 is 14.7 Å². The fourth-order valence-electron chi connectivity index (χ4n) is 2.46. The molecule has 1 N–H and O–H groups in total. The van der Waals surface area contributed by atoms with Crippen molar-refractivity contribution in [3.05, 3.63) is 45.5 Å². The van der Waals surface area contributed by atoms with Crippen molar-refractivity contribution in [2.24, 2.45) is 0 Å². The van der Waals surface area contributed by atoms with Gasteiger partial charge in [0.05, 0.1) is 17.6 Å². The van der Waals surface area contributed by atoms with Crippen molar-refractivity contribution in [2.75, 3.05) is 31.7 Å². The molecule has 6 nitrogen and oxygen atoms in total. The monoisotopic (exact) mass is 292 g/mol. The Morgan fingerprint density at radius 1 is 1.52 bits per heavy atom. The minimum Gasteiger partial charge on any atom is -0.389 e. The van der Waals surface area contributed by atoms with Gasteiger partial charge in [0.15, 0.2) is 0 Å². The molecule has 0 aliphatic carbocycles. The number of aliphatic hydroxyl groups is 1. The number of nitro benzene ring substituents is 1. The minimum atomic E-state index is -0.715. The van der Waals surface area contributed by atoms with E-state index >= 15 is 0 Å². The van der Waals surface area contributed by atoms with E-state index in [1.165, 1.54) is 11.6 Å². The summed E-state index contributed by atoms with van der Waals surface area (Å²) in [6.45, 7) is 3.56. The number of ether oxygens (including phenoxy) is 1. The molecule has 0 bridgehead atoms. The number of nitrogens with zero attached hydrogens (tertiary/aromatic N) is 2. The Morgan fingerprint density at radius 3 is 2.81 bits per heavy atom. The first-order chi connectivity index (χ1) is 10.0. The molecule has 21 heavy (non-hydrogen) atoms. The lowest BCUT2D eigenvalue weighted by atomic mass is 10.1. The van der Waals surface area contributed by atoms with Crippen LogP contribution in [0.15, 0.2) is 29.8 Å². The molecule has 0 spiro atoms. The first-order valence-corrected chi connectivity index (χ1v) is 6.91. The maximum absolute atomic E-state index is 11.3. The maximum atomic E-state index is 11.3. The van der Waals surface area contributed by atoms with E-state index in [4.69, 9.17) is 4.74 Å². The second-order valence-electron chi connectivity index (χ2n) is 5.17. The Hall–Kier alpha value is -1.92. The SMILES string of the molecule is COCC1=CCN(c2ccc([C@@H](C)O)cc2[N+](=O)[O-])CC1. The van der Waals surface area contributed by atoms with Crippen molar-refractivity contribution >= 4 is 11.4 Å². The Balaban J connectivity index is 2.26. The van der Waals surface area contributed by atoms with Crippen LogP contribution in [0.4, 0.5) is 11.4 Å². The number of nitro groups is 1. The second-order valence-corrected chi connectivity index (χ2v) is 5.17. The van der Waals surface area contributed by atoms with Gasteiger partial charge in [0, 0.05) is 26.3 Å². The van der Waals surface area contributed by atoms with Gasteiger partial charge in [0.25, 0.3) is 5.69 Å². The predicted octanol–water partition coefficient (Wildman–Crippen LogP) is 2.43. The highest BCUT2D eigenvalue weighted by molar-refractivity contribution is 5.65. The van der Waals surface area contributed by atoms with Crippen LogP contribution in [0.3, 0.4) is 0 Å². The van der Waals surface area contributed by atoms with Crippen LogP contribution in [-0.4, -0.2) is 36.8 Å². The number of rotatable bonds is 5. The van der Waals surface area contributed by atoms with Crippen LogP contribution < -0.4 is 4.90 Å². The molecule has 2 rings (SSSR count). The first-order valence-electron chi connectivity index (χ1n) is 6.91. The van der Waals surface area contributed by atoms with E-state index in [-0.39, 0.29) is 5.69 Å². The van der Waals surface area contributed by atoms with E-state index in [1.54, 1.807) is 26.2 Å². The molecule has 0 amide bonds. The summed E-state index contributed by atoms with van der Waals surface area (Å²) in [7, 11) is 1.66. The summed E-state index contributed by atoms with van der Waals surface area (Å²) in [4.78, 5) is 12.8. The average molecular weight is 292 g/mol. The number of methoxy groups -OCH3 is 1. The van der Waals surface area contributed by atoms with Gasteiger partial charge in [-0.1, -0.05) is 12.1 Å². The summed E-state index contributed by atoms with van der Waals surface area (Å²) in [6, 6.07) is 4.91. The molecule has 1 atom stereocenters. The van der Waals surface area contributed by atoms with Crippen LogP contribution in [0.2, 0.25) is 0 Å². The highest BCUT2D eigenvalue weighted by Crippen LogP contribution is 2.32. The van der Waals surface area contributed by atoms with Crippen molar-refractivity contribution in [2.45, 2.75) is 19.4 Å². The zero-order valence-electron chi connectivity index (χ0n) is 12.3. The Labute approximate surface area is 123 Å². The van der Waals surface area contributed by atoms with Gasteiger partial charge in [0.1, 0.15) is 5.69 Å². The largest absolute Gasteiger partial charge is 0.389 e. The van der Waals surface area contributed by atoms with Crippen LogP contribution in [-0.2, 0) is 4.74 Å². The second kappa shape index (κ2) is 6.69. The predicted molar refractivity (Wildman–Crippen MR) is 80.5 cm³/mol. The van der Waals surface area contributed by atoms with Crippen molar-refractivity contribution in [3.63, 3.8) is 0 Å². The van der Waals surface area contributed by atoms with Crippen LogP contribution in [0, 0.1) is 10.1 Å². The van der Waals surface area contributed by atoms with Gasteiger partial charge in [-0.3, -0.25) is 10.1 Å². The van der Waals surface area contributed by atoms with Crippen LogP contribution in [0.25, 0.3) is 0 Å². The lowest BCUT2D eigenvalue weighted by molar-refractivity contribution is -0.384. The molecule has 1 aromatic carbocycles. The topological polar surface area (TPSA) is 75.8 Å². The standard InChI is InChI=1S/C15H20N2O4/c1-11(18)13-3-4-14(15(9-13)17(19)20)16-7-5-12(6-8-16)10-21-2/h3-5,9,11,18H,6-8,10H2,1-2H3/t11-/m1/s1. The van der Waals surface area contributed by atoms with Gasteiger partial charge in [-0.25, -0.2) is 0 Å².